The second-order valence-corrected chi connectivity index (χ2v) is 6.06. The Hall–Kier alpha value is -0.610. The molecule has 1 heterocycles. The van der Waals surface area contributed by atoms with Crippen molar-refractivity contribution in [2.24, 2.45) is 11.7 Å². The molecule has 1 saturated heterocycles. The Morgan fingerprint density at radius 2 is 2.05 bits per heavy atom. The summed E-state index contributed by atoms with van der Waals surface area (Å²) < 4.78 is 5.23. The highest BCUT2D eigenvalue weighted by Crippen LogP contribution is 2.24. The molecule has 2 N–H and O–H groups in total. The lowest BCUT2D eigenvalue weighted by Gasteiger charge is -2.32. The zero-order valence-corrected chi connectivity index (χ0v) is 13.0. The second kappa shape index (κ2) is 7.99. The van der Waals surface area contributed by atoms with E-state index in [-0.39, 0.29) is 6.04 Å². The number of piperidine rings is 1. The largest absolute Gasteiger partial charge is 0.384 e. The summed E-state index contributed by atoms with van der Waals surface area (Å²) in [5, 5.41) is 0.777. The van der Waals surface area contributed by atoms with Crippen LogP contribution in [0.3, 0.4) is 0 Å². The Balaban J connectivity index is 1.75. The third-order valence-electron chi connectivity index (χ3n) is 4.17. The molecule has 0 spiro atoms. The van der Waals surface area contributed by atoms with Gasteiger partial charge in [0.1, 0.15) is 0 Å². The van der Waals surface area contributed by atoms with Crippen LogP contribution < -0.4 is 5.73 Å². The summed E-state index contributed by atoms with van der Waals surface area (Å²) in [6.45, 7) is 4.26. The molecule has 1 aromatic rings. The fraction of sp³-hybridized carbons (Fsp3) is 0.625. The van der Waals surface area contributed by atoms with E-state index in [0.717, 1.165) is 49.2 Å². The van der Waals surface area contributed by atoms with Gasteiger partial charge in [0.25, 0.3) is 0 Å². The van der Waals surface area contributed by atoms with Crippen LogP contribution in [0.15, 0.2) is 24.3 Å². The van der Waals surface area contributed by atoms with E-state index < -0.39 is 0 Å². The van der Waals surface area contributed by atoms with Crippen molar-refractivity contribution in [1.29, 1.82) is 0 Å². The number of halogens is 1. The summed E-state index contributed by atoms with van der Waals surface area (Å²) >= 11 is 6.19. The minimum Gasteiger partial charge on any atom is -0.384 e. The van der Waals surface area contributed by atoms with Gasteiger partial charge < -0.3 is 15.4 Å². The Morgan fingerprint density at radius 3 is 2.70 bits per heavy atom. The van der Waals surface area contributed by atoms with E-state index in [2.05, 4.69) is 4.90 Å². The van der Waals surface area contributed by atoms with E-state index in [1.165, 1.54) is 12.8 Å². The Morgan fingerprint density at radius 1 is 1.35 bits per heavy atom. The predicted octanol–water partition coefficient (Wildman–Crippen LogP) is 3.09. The summed E-state index contributed by atoms with van der Waals surface area (Å²) in [5.74, 6) is 0.730. The maximum Gasteiger partial charge on any atom is 0.0491 e. The second-order valence-electron chi connectivity index (χ2n) is 5.66. The van der Waals surface area contributed by atoms with Crippen LogP contribution >= 0.6 is 11.6 Å². The van der Waals surface area contributed by atoms with Crippen molar-refractivity contribution in [2.45, 2.75) is 25.3 Å². The van der Waals surface area contributed by atoms with Crippen molar-refractivity contribution in [3.05, 3.63) is 34.9 Å². The molecule has 0 bridgehead atoms. The van der Waals surface area contributed by atoms with Crippen molar-refractivity contribution >= 4 is 11.6 Å². The number of ether oxygens (including phenoxy) is 1. The highest BCUT2D eigenvalue weighted by atomic mass is 35.5. The van der Waals surface area contributed by atoms with E-state index in [1.54, 1.807) is 7.11 Å². The number of methoxy groups -OCH3 is 1. The van der Waals surface area contributed by atoms with Crippen LogP contribution in [0.5, 0.6) is 0 Å². The molecule has 2 rings (SSSR count). The maximum atomic E-state index is 6.26. The van der Waals surface area contributed by atoms with Crippen LogP contribution in [0.1, 0.15) is 30.9 Å². The quantitative estimate of drug-likeness (QED) is 0.877. The van der Waals surface area contributed by atoms with Gasteiger partial charge in [0.15, 0.2) is 0 Å². The van der Waals surface area contributed by atoms with Crippen molar-refractivity contribution in [3.8, 4) is 0 Å². The van der Waals surface area contributed by atoms with E-state index in [1.807, 2.05) is 24.3 Å². The first kappa shape index (κ1) is 15.8. The highest BCUT2D eigenvalue weighted by molar-refractivity contribution is 6.31. The predicted molar refractivity (Wildman–Crippen MR) is 84.0 cm³/mol. The molecule has 4 heteroatoms. The first-order valence-corrected chi connectivity index (χ1v) is 7.79. The highest BCUT2D eigenvalue weighted by Gasteiger charge is 2.19. The third-order valence-corrected chi connectivity index (χ3v) is 4.51. The number of hydrogen-bond acceptors (Lipinski definition) is 3. The molecule has 3 nitrogen and oxygen atoms in total. The number of hydrogen-bond donors (Lipinski definition) is 1. The van der Waals surface area contributed by atoms with Crippen LogP contribution in [0.4, 0.5) is 0 Å². The lowest BCUT2D eigenvalue weighted by Crippen LogP contribution is -2.36. The lowest BCUT2D eigenvalue weighted by molar-refractivity contribution is 0.0983. The fourth-order valence-corrected chi connectivity index (χ4v) is 3.14. The SMILES string of the molecule is COCC1CCN(CCC(N)c2ccccc2Cl)CC1. The van der Waals surface area contributed by atoms with Crippen LogP contribution in [0.25, 0.3) is 0 Å². The topological polar surface area (TPSA) is 38.5 Å². The Kier molecular flexibility index (Phi) is 6.30. The number of nitrogens with two attached hydrogens (primary N) is 1. The summed E-state index contributed by atoms with van der Waals surface area (Å²) in [6.07, 6.45) is 3.42. The monoisotopic (exact) mass is 296 g/mol. The zero-order chi connectivity index (χ0) is 14.4. The Bertz CT molecular complexity index is 405. The van der Waals surface area contributed by atoms with Gasteiger partial charge in [-0.3, -0.25) is 0 Å². The molecule has 0 saturated carbocycles. The molecule has 0 aromatic heterocycles. The summed E-state index contributed by atoms with van der Waals surface area (Å²) in [6, 6.07) is 7.90. The molecule has 1 unspecified atom stereocenters. The molecular weight excluding hydrogens is 272 g/mol. The van der Waals surface area contributed by atoms with Gasteiger partial charge in [0.2, 0.25) is 0 Å². The van der Waals surface area contributed by atoms with E-state index >= 15 is 0 Å². The van der Waals surface area contributed by atoms with Gasteiger partial charge in [-0.05, 0) is 56.4 Å². The van der Waals surface area contributed by atoms with E-state index in [0.29, 0.717) is 0 Å². The average Bonchev–Trinajstić information content (AvgIpc) is 2.47. The third kappa shape index (κ3) is 4.45. The van der Waals surface area contributed by atoms with Crippen LogP contribution in [0.2, 0.25) is 5.02 Å². The molecule has 0 aliphatic carbocycles. The zero-order valence-electron chi connectivity index (χ0n) is 12.2. The molecule has 1 aliphatic heterocycles. The van der Waals surface area contributed by atoms with Gasteiger partial charge in [0, 0.05) is 24.8 Å². The Labute approximate surface area is 127 Å². The van der Waals surface area contributed by atoms with Gasteiger partial charge >= 0.3 is 0 Å². The van der Waals surface area contributed by atoms with Gasteiger partial charge in [0.05, 0.1) is 0 Å². The first-order valence-electron chi connectivity index (χ1n) is 7.42. The fourth-order valence-electron chi connectivity index (χ4n) is 2.87. The van der Waals surface area contributed by atoms with Crippen molar-refractivity contribution in [3.63, 3.8) is 0 Å². The molecule has 1 atom stereocenters. The number of nitrogens with zero attached hydrogens (tertiary/aromatic N) is 1. The standard InChI is InChI=1S/C16H25ClN2O/c1-20-12-13-6-9-19(10-7-13)11-8-16(18)14-4-2-3-5-15(14)17/h2-5,13,16H,6-12,18H2,1H3. The van der Waals surface area contributed by atoms with Gasteiger partial charge in [-0.2, -0.15) is 0 Å². The summed E-state index contributed by atoms with van der Waals surface area (Å²) in [5.41, 5.74) is 7.32. The average molecular weight is 297 g/mol. The van der Waals surface area contributed by atoms with Crippen molar-refractivity contribution in [1.82, 2.24) is 4.90 Å². The number of rotatable bonds is 6. The van der Waals surface area contributed by atoms with Gasteiger partial charge in [-0.1, -0.05) is 29.8 Å². The molecule has 0 amide bonds. The molecule has 1 aromatic carbocycles. The molecule has 0 radical (unpaired) electrons. The minimum atomic E-state index is 0.0281. The molecule has 112 valence electrons. The molecule has 1 aliphatic rings. The molecular formula is C16H25ClN2O. The van der Waals surface area contributed by atoms with Crippen LogP contribution in [0, 0.1) is 5.92 Å². The van der Waals surface area contributed by atoms with E-state index in [4.69, 9.17) is 22.1 Å². The summed E-state index contributed by atoms with van der Waals surface area (Å²) in [4.78, 5) is 2.50. The van der Waals surface area contributed by atoms with Crippen LogP contribution in [-0.4, -0.2) is 38.3 Å². The normalized spacial score (nSPS) is 19.1. The van der Waals surface area contributed by atoms with E-state index in [9.17, 15) is 0 Å². The van der Waals surface area contributed by atoms with Crippen molar-refractivity contribution in [2.75, 3.05) is 33.4 Å². The number of benzene rings is 1. The molecule has 20 heavy (non-hydrogen) atoms. The molecule has 1 fully saturated rings. The van der Waals surface area contributed by atoms with Gasteiger partial charge in [-0.25, -0.2) is 0 Å². The lowest BCUT2D eigenvalue weighted by atomic mass is 9.97. The van der Waals surface area contributed by atoms with Crippen molar-refractivity contribution < 1.29 is 4.74 Å². The summed E-state index contributed by atoms with van der Waals surface area (Å²) in [7, 11) is 1.79. The maximum absolute atomic E-state index is 6.26. The minimum absolute atomic E-state index is 0.0281. The number of likely N-dealkylation sites (tertiary alicyclic amines) is 1. The van der Waals surface area contributed by atoms with Gasteiger partial charge in [-0.15, -0.1) is 0 Å². The first-order chi connectivity index (χ1) is 9.70. The van der Waals surface area contributed by atoms with Crippen LogP contribution in [-0.2, 0) is 4.74 Å². The smallest absolute Gasteiger partial charge is 0.0491 e.